The second-order valence-corrected chi connectivity index (χ2v) is 10.4. The number of piperidine rings is 1. The van der Waals surface area contributed by atoms with Gasteiger partial charge in [-0.05, 0) is 80.8 Å². The molecule has 5 rings (SSSR count). The number of nitrogens with one attached hydrogen (secondary N) is 3. The molecule has 1 saturated carbocycles. The van der Waals surface area contributed by atoms with E-state index >= 15 is 0 Å². The second-order valence-electron chi connectivity index (χ2n) is 9.93. The van der Waals surface area contributed by atoms with E-state index in [1.165, 1.54) is 24.5 Å². The van der Waals surface area contributed by atoms with Crippen molar-refractivity contribution < 1.29 is 4.39 Å². The average molecular weight is 512 g/mol. The van der Waals surface area contributed by atoms with Crippen molar-refractivity contribution in [2.24, 2.45) is 5.92 Å². The Hall–Kier alpha value is -2.71. The van der Waals surface area contributed by atoms with Crippen LogP contribution in [0.4, 0.5) is 16.0 Å². The van der Waals surface area contributed by atoms with Crippen LogP contribution in [0.1, 0.15) is 67.2 Å². The summed E-state index contributed by atoms with van der Waals surface area (Å²) in [5.41, 5.74) is 4.59. The third kappa shape index (κ3) is 5.20. The maximum Gasteiger partial charge on any atom is 0.165 e. The highest BCUT2D eigenvalue weighted by Gasteiger charge is 2.37. The number of pyridine rings is 1. The molecule has 1 unspecified atom stereocenters. The number of fused-ring (bicyclic) bond motifs is 1. The predicted molar refractivity (Wildman–Crippen MR) is 144 cm³/mol. The molecule has 4 heterocycles. The van der Waals surface area contributed by atoms with Crippen molar-refractivity contribution in [1.82, 2.24) is 25.6 Å². The van der Waals surface area contributed by atoms with Crippen LogP contribution >= 0.6 is 11.6 Å². The second kappa shape index (κ2) is 10.7. The summed E-state index contributed by atoms with van der Waals surface area (Å²) >= 11 is 6.78. The molecule has 3 N–H and O–H groups in total. The monoisotopic (exact) mass is 511 g/mol. The summed E-state index contributed by atoms with van der Waals surface area (Å²) in [6.45, 7) is 6.35. The van der Waals surface area contributed by atoms with Gasteiger partial charge in [-0.3, -0.25) is 0 Å². The molecule has 2 aliphatic heterocycles. The van der Waals surface area contributed by atoms with Crippen molar-refractivity contribution >= 4 is 34.4 Å². The minimum absolute atomic E-state index is 0.245. The van der Waals surface area contributed by atoms with Crippen LogP contribution < -0.4 is 20.9 Å². The first-order valence-electron chi connectivity index (χ1n) is 13.0. The molecule has 9 heteroatoms. The van der Waals surface area contributed by atoms with Crippen molar-refractivity contribution in [3.8, 4) is 0 Å². The van der Waals surface area contributed by atoms with Gasteiger partial charge >= 0.3 is 0 Å². The summed E-state index contributed by atoms with van der Waals surface area (Å²) in [6, 6.07) is 1.89. The van der Waals surface area contributed by atoms with E-state index in [1.807, 2.05) is 13.0 Å². The summed E-state index contributed by atoms with van der Waals surface area (Å²) in [7, 11) is 2.15. The van der Waals surface area contributed by atoms with E-state index in [0.717, 1.165) is 60.6 Å². The minimum Gasteiger partial charge on any atom is -0.370 e. The highest BCUT2D eigenvalue weighted by atomic mass is 35.5. The zero-order chi connectivity index (χ0) is 25.2. The lowest BCUT2D eigenvalue weighted by Crippen LogP contribution is -2.42. The third-order valence-corrected chi connectivity index (χ3v) is 7.64. The molecule has 0 spiro atoms. The summed E-state index contributed by atoms with van der Waals surface area (Å²) in [6.07, 6.45) is 11.0. The number of aryl methyl sites for hydroxylation is 1. The molecular formula is C27H35ClFN7. The van der Waals surface area contributed by atoms with Crippen LogP contribution in [0.3, 0.4) is 0 Å². The molecule has 0 radical (unpaired) electrons. The molecule has 2 aromatic rings. The molecule has 0 aromatic carbocycles. The molecule has 36 heavy (non-hydrogen) atoms. The fourth-order valence-corrected chi connectivity index (χ4v) is 5.27. The van der Waals surface area contributed by atoms with Gasteiger partial charge in [0.2, 0.25) is 0 Å². The van der Waals surface area contributed by atoms with E-state index in [-0.39, 0.29) is 11.6 Å². The van der Waals surface area contributed by atoms with Crippen molar-refractivity contribution in [3.05, 3.63) is 53.0 Å². The Bertz CT molecular complexity index is 1170. The Morgan fingerprint density at radius 3 is 2.72 bits per heavy atom. The van der Waals surface area contributed by atoms with Crippen LogP contribution in [0.25, 0.3) is 11.1 Å². The van der Waals surface area contributed by atoms with E-state index in [2.05, 4.69) is 46.0 Å². The van der Waals surface area contributed by atoms with Crippen LogP contribution in [-0.2, 0) is 0 Å². The van der Waals surface area contributed by atoms with Crippen LogP contribution in [0.15, 0.2) is 24.5 Å². The highest BCUT2D eigenvalue weighted by molar-refractivity contribution is 6.21. The lowest BCUT2D eigenvalue weighted by atomic mass is 9.96. The first-order valence-corrected chi connectivity index (χ1v) is 13.4. The van der Waals surface area contributed by atoms with Gasteiger partial charge in [0.25, 0.3) is 0 Å². The van der Waals surface area contributed by atoms with Crippen molar-refractivity contribution in [1.29, 1.82) is 0 Å². The van der Waals surface area contributed by atoms with E-state index < -0.39 is 5.50 Å². The van der Waals surface area contributed by atoms with Crippen LogP contribution in [0.2, 0.25) is 0 Å². The summed E-state index contributed by atoms with van der Waals surface area (Å²) in [5.74, 6) is 2.07. The fraction of sp³-hybridized carbons (Fsp3) is 0.519. The molecule has 1 saturated heterocycles. The number of halogens is 2. The van der Waals surface area contributed by atoms with Gasteiger partial charge in [-0.2, -0.15) is 0 Å². The van der Waals surface area contributed by atoms with Gasteiger partial charge in [-0.1, -0.05) is 24.6 Å². The van der Waals surface area contributed by atoms with E-state index in [0.29, 0.717) is 24.3 Å². The van der Waals surface area contributed by atoms with Gasteiger partial charge in [0, 0.05) is 37.6 Å². The first kappa shape index (κ1) is 25.0. The Kier molecular flexibility index (Phi) is 7.44. The Labute approximate surface area is 217 Å². The topological polar surface area (TPSA) is 78.0 Å². The number of anilines is 2. The SMILES string of the molecule is CC/C(=C\CNc1ncc(C)cc1F)c1nc2c(c(N(C)C3CCNCC3)n1)C(C1CC1)=CNC2Cl. The Morgan fingerprint density at radius 2 is 2.03 bits per heavy atom. The number of aromatic nitrogens is 3. The van der Waals surface area contributed by atoms with Crippen LogP contribution in [0, 0.1) is 18.7 Å². The largest absolute Gasteiger partial charge is 0.370 e. The van der Waals surface area contributed by atoms with Gasteiger partial charge in [0.15, 0.2) is 17.5 Å². The summed E-state index contributed by atoms with van der Waals surface area (Å²) < 4.78 is 14.2. The van der Waals surface area contributed by atoms with Gasteiger partial charge in [-0.25, -0.2) is 19.3 Å². The van der Waals surface area contributed by atoms with Gasteiger partial charge in [0.1, 0.15) is 11.3 Å². The lowest BCUT2D eigenvalue weighted by molar-refractivity contribution is 0.441. The fourth-order valence-electron chi connectivity index (χ4n) is 5.05. The number of nitrogens with zero attached hydrogens (tertiary/aromatic N) is 4. The summed E-state index contributed by atoms with van der Waals surface area (Å²) in [4.78, 5) is 16.7. The van der Waals surface area contributed by atoms with Gasteiger partial charge < -0.3 is 20.9 Å². The Morgan fingerprint density at radius 1 is 1.25 bits per heavy atom. The first-order chi connectivity index (χ1) is 17.5. The normalized spacial score (nSPS) is 20.4. The van der Waals surface area contributed by atoms with Crippen molar-refractivity contribution in [2.45, 2.75) is 57.5 Å². The predicted octanol–water partition coefficient (Wildman–Crippen LogP) is 5.00. The van der Waals surface area contributed by atoms with E-state index in [9.17, 15) is 4.39 Å². The van der Waals surface area contributed by atoms with Crippen molar-refractivity contribution in [2.75, 3.05) is 36.9 Å². The number of rotatable bonds is 8. The molecule has 192 valence electrons. The Balaban J connectivity index is 1.50. The number of alkyl halides is 1. The van der Waals surface area contributed by atoms with Crippen LogP contribution in [-0.4, -0.2) is 47.7 Å². The highest BCUT2D eigenvalue weighted by Crippen LogP contribution is 2.48. The molecule has 0 bridgehead atoms. The average Bonchev–Trinajstić information content (AvgIpc) is 3.73. The molecular weight excluding hydrogens is 477 g/mol. The molecule has 7 nitrogen and oxygen atoms in total. The molecule has 2 aromatic heterocycles. The maximum atomic E-state index is 14.2. The number of hydrogen-bond acceptors (Lipinski definition) is 7. The van der Waals surface area contributed by atoms with E-state index in [4.69, 9.17) is 21.6 Å². The number of hydrogen-bond donors (Lipinski definition) is 3. The van der Waals surface area contributed by atoms with Gasteiger partial charge in [-0.15, -0.1) is 0 Å². The zero-order valence-electron chi connectivity index (χ0n) is 21.2. The van der Waals surface area contributed by atoms with Crippen LogP contribution in [0.5, 0.6) is 0 Å². The minimum atomic E-state index is -0.411. The smallest absolute Gasteiger partial charge is 0.165 e. The zero-order valence-corrected chi connectivity index (χ0v) is 22.0. The van der Waals surface area contributed by atoms with Crippen molar-refractivity contribution in [3.63, 3.8) is 0 Å². The van der Waals surface area contributed by atoms with E-state index in [1.54, 1.807) is 6.20 Å². The van der Waals surface area contributed by atoms with Gasteiger partial charge in [0.05, 0.1) is 5.69 Å². The molecule has 0 amide bonds. The third-order valence-electron chi connectivity index (χ3n) is 7.30. The quantitative estimate of drug-likeness (QED) is 0.340. The molecule has 1 atom stereocenters. The molecule has 1 aliphatic carbocycles. The maximum absolute atomic E-state index is 14.2. The summed E-state index contributed by atoms with van der Waals surface area (Å²) in [5, 5.41) is 9.86. The lowest BCUT2D eigenvalue weighted by Gasteiger charge is -2.36. The molecule has 2 fully saturated rings. The molecule has 3 aliphatic rings. The number of allylic oxidation sites excluding steroid dienone is 2. The standard InChI is InChI=1S/C27H35ClFN7/c1-4-17(7-12-31-26-21(29)13-16(2)14-33-26)25-34-23-22(20(18-5-6-18)15-32-24(23)28)27(35-25)36(3)19-8-10-30-11-9-19/h7,13-15,18-19,24,30,32H,4-6,8-12H2,1-3H3,(H,31,33)/b17-7+.